The number of H-pyrrole nitrogens is 1. The van der Waals surface area contributed by atoms with Crippen LogP contribution in [0.15, 0.2) is 0 Å². The van der Waals surface area contributed by atoms with Crippen molar-refractivity contribution in [1.29, 1.82) is 0 Å². The van der Waals surface area contributed by atoms with E-state index in [1.54, 1.807) is 0 Å². The van der Waals surface area contributed by atoms with Crippen LogP contribution in [0.25, 0.3) is 0 Å². The molecule has 2 rings (SSSR count). The predicted octanol–water partition coefficient (Wildman–Crippen LogP) is 1.43. The molecule has 1 unspecified atom stereocenters. The molecule has 1 aromatic rings. The molecule has 0 aliphatic heterocycles. The van der Waals surface area contributed by atoms with Gasteiger partial charge in [-0.1, -0.05) is 12.1 Å². The fourth-order valence-corrected chi connectivity index (χ4v) is 2.21. The van der Waals surface area contributed by atoms with Crippen LogP contribution in [-0.4, -0.2) is 26.7 Å². The first-order valence-corrected chi connectivity index (χ1v) is 5.75. The molecule has 1 aromatic heterocycles. The molecule has 1 aliphatic rings. The first-order valence-electron chi connectivity index (χ1n) is 5.75. The second-order valence-corrected chi connectivity index (χ2v) is 4.62. The molecule has 1 aliphatic carbocycles. The molecule has 5 heteroatoms. The summed E-state index contributed by atoms with van der Waals surface area (Å²) in [6.45, 7) is 4.42. The molecule has 1 fully saturated rings. The largest absolute Gasteiger partial charge is 0.305 e. The maximum absolute atomic E-state index is 3.99. The number of aromatic nitrogens is 4. The Morgan fingerprint density at radius 3 is 2.67 bits per heavy atom. The fourth-order valence-electron chi connectivity index (χ4n) is 2.21. The molecule has 84 valence electrons. The van der Waals surface area contributed by atoms with E-state index in [-0.39, 0.29) is 6.04 Å². The zero-order chi connectivity index (χ0) is 10.7. The van der Waals surface area contributed by atoms with Gasteiger partial charge in [0.15, 0.2) is 5.82 Å². The fraction of sp³-hybridized carbons (Fsp3) is 0.900. The maximum Gasteiger partial charge on any atom is 0.191 e. The van der Waals surface area contributed by atoms with Crippen molar-refractivity contribution < 1.29 is 0 Å². The number of tetrazole rings is 1. The lowest BCUT2D eigenvalue weighted by atomic mass is 9.87. The van der Waals surface area contributed by atoms with Crippen LogP contribution >= 0.6 is 0 Å². The minimum Gasteiger partial charge on any atom is -0.305 e. The molecule has 0 saturated heterocycles. The SMILES string of the molecule is CC1CCC(NC(C)c2nn[nH]n2)CC1. The molecule has 0 amide bonds. The van der Waals surface area contributed by atoms with E-state index in [1.165, 1.54) is 25.7 Å². The lowest BCUT2D eigenvalue weighted by molar-refractivity contribution is 0.289. The molecular weight excluding hydrogens is 190 g/mol. The average molecular weight is 209 g/mol. The second kappa shape index (κ2) is 4.70. The van der Waals surface area contributed by atoms with E-state index in [4.69, 9.17) is 0 Å². The van der Waals surface area contributed by atoms with Crippen molar-refractivity contribution in [3.8, 4) is 0 Å². The number of nitrogens with one attached hydrogen (secondary N) is 2. The van der Waals surface area contributed by atoms with Gasteiger partial charge in [-0.2, -0.15) is 5.21 Å². The topological polar surface area (TPSA) is 66.5 Å². The summed E-state index contributed by atoms with van der Waals surface area (Å²) >= 11 is 0. The monoisotopic (exact) mass is 209 g/mol. The Kier molecular flexibility index (Phi) is 3.30. The lowest BCUT2D eigenvalue weighted by Crippen LogP contribution is -2.35. The molecule has 0 spiro atoms. The second-order valence-electron chi connectivity index (χ2n) is 4.62. The van der Waals surface area contributed by atoms with Crippen molar-refractivity contribution in [2.45, 2.75) is 51.6 Å². The molecule has 1 saturated carbocycles. The van der Waals surface area contributed by atoms with Crippen LogP contribution in [0.5, 0.6) is 0 Å². The quantitative estimate of drug-likeness (QED) is 0.790. The highest BCUT2D eigenvalue weighted by atomic mass is 15.5. The maximum atomic E-state index is 3.99. The molecule has 0 aromatic carbocycles. The van der Waals surface area contributed by atoms with Gasteiger partial charge in [0.25, 0.3) is 0 Å². The van der Waals surface area contributed by atoms with E-state index in [2.05, 4.69) is 39.8 Å². The molecule has 2 N–H and O–H groups in total. The Morgan fingerprint density at radius 2 is 2.07 bits per heavy atom. The minimum atomic E-state index is 0.196. The number of aromatic amines is 1. The van der Waals surface area contributed by atoms with Crippen molar-refractivity contribution in [3.63, 3.8) is 0 Å². The summed E-state index contributed by atoms with van der Waals surface area (Å²) < 4.78 is 0. The van der Waals surface area contributed by atoms with Gasteiger partial charge in [-0.15, -0.1) is 10.2 Å². The zero-order valence-electron chi connectivity index (χ0n) is 9.40. The number of nitrogens with zero attached hydrogens (tertiary/aromatic N) is 3. The standard InChI is InChI=1S/C10H19N5/c1-7-3-5-9(6-4-7)11-8(2)10-12-14-15-13-10/h7-9,11H,3-6H2,1-2H3,(H,12,13,14,15). The molecular formula is C10H19N5. The van der Waals surface area contributed by atoms with Crippen molar-refractivity contribution >= 4 is 0 Å². The van der Waals surface area contributed by atoms with Crippen LogP contribution < -0.4 is 5.32 Å². The van der Waals surface area contributed by atoms with Crippen molar-refractivity contribution in [3.05, 3.63) is 5.82 Å². The van der Waals surface area contributed by atoms with Crippen molar-refractivity contribution in [2.24, 2.45) is 5.92 Å². The first kappa shape index (κ1) is 10.5. The van der Waals surface area contributed by atoms with Gasteiger partial charge in [-0.3, -0.25) is 0 Å². The zero-order valence-corrected chi connectivity index (χ0v) is 9.40. The van der Waals surface area contributed by atoms with Gasteiger partial charge in [-0.05, 0) is 38.5 Å². The summed E-state index contributed by atoms with van der Waals surface area (Å²) in [4.78, 5) is 0. The van der Waals surface area contributed by atoms with Crippen LogP contribution in [-0.2, 0) is 0 Å². The van der Waals surface area contributed by atoms with Crippen molar-refractivity contribution in [2.75, 3.05) is 0 Å². The highest BCUT2D eigenvalue weighted by Crippen LogP contribution is 2.24. The van der Waals surface area contributed by atoms with Crippen molar-refractivity contribution in [1.82, 2.24) is 25.9 Å². The van der Waals surface area contributed by atoms with Gasteiger partial charge >= 0.3 is 0 Å². The smallest absolute Gasteiger partial charge is 0.191 e. The van der Waals surface area contributed by atoms with E-state index in [0.29, 0.717) is 6.04 Å². The van der Waals surface area contributed by atoms with E-state index in [9.17, 15) is 0 Å². The van der Waals surface area contributed by atoms with Crippen LogP contribution in [0.1, 0.15) is 51.4 Å². The Labute approximate surface area is 90.0 Å². The molecule has 0 radical (unpaired) electrons. The van der Waals surface area contributed by atoms with Gasteiger partial charge in [0, 0.05) is 6.04 Å². The normalized spacial score (nSPS) is 28.9. The first-order chi connectivity index (χ1) is 7.25. The minimum absolute atomic E-state index is 0.196. The Balaban J connectivity index is 1.82. The molecule has 0 bridgehead atoms. The molecule has 5 nitrogen and oxygen atoms in total. The molecule has 1 atom stereocenters. The van der Waals surface area contributed by atoms with Gasteiger partial charge in [0.05, 0.1) is 6.04 Å². The average Bonchev–Trinajstić information content (AvgIpc) is 2.74. The summed E-state index contributed by atoms with van der Waals surface area (Å²) in [5.74, 6) is 1.65. The summed E-state index contributed by atoms with van der Waals surface area (Å²) in [7, 11) is 0. The summed E-state index contributed by atoms with van der Waals surface area (Å²) in [6, 6.07) is 0.817. The number of rotatable bonds is 3. The van der Waals surface area contributed by atoms with Gasteiger partial charge in [0.2, 0.25) is 0 Å². The van der Waals surface area contributed by atoms with E-state index < -0.39 is 0 Å². The molecule has 1 heterocycles. The number of hydrogen-bond acceptors (Lipinski definition) is 4. The highest BCUT2D eigenvalue weighted by Gasteiger charge is 2.21. The van der Waals surface area contributed by atoms with Crippen LogP contribution in [0.2, 0.25) is 0 Å². The lowest BCUT2D eigenvalue weighted by Gasteiger charge is -2.28. The van der Waals surface area contributed by atoms with Crippen LogP contribution in [0.3, 0.4) is 0 Å². The summed E-state index contributed by atoms with van der Waals surface area (Å²) in [6.07, 6.45) is 5.19. The predicted molar refractivity (Wildman–Crippen MR) is 57.1 cm³/mol. The Bertz CT molecular complexity index is 276. The van der Waals surface area contributed by atoms with Crippen LogP contribution in [0, 0.1) is 5.92 Å². The highest BCUT2D eigenvalue weighted by molar-refractivity contribution is 4.88. The third kappa shape index (κ3) is 2.75. The van der Waals surface area contributed by atoms with E-state index in [1.807, 2.05) is 0 Å². The third-order valence-electron chi connectivity index (χ3n) is 3.25. The Morgan fingerprint density at radius 1 is 1.33 bits per heavy atom. The van der Waals surface area contributed by atoms with Gasteiger partial charge in [0.1, 0.15) is 0 Å². The summed E-state index contributed by atoms with van der Waals surface area (Å²) in [5, 5.41) is 17.6. The van der Waals surface area contributed by atoms with E-state index >= 15 is 0 Å². The third-order valence-corrected chi connectivity index (χ3v) is 3.25. The van der Waals surface area contributed by atoms with Gasteiger partial charge < -0.3 is 5.32 Å². The van der Waals surface area contributed by atoms with E-state index in [0.717, 1.165) is 11.7 Å². The summed E-state index contributed by atoms with van der Waals surface area (Å²) in [5.41, 5.74) is 0. The van der Waals surface area contributed by atoms with Gasteiger partial charge in [-0.25, -0.2) is 0 Å². The van der Waals surface area contributed by atoms with Crippen LogP contribution in [0.4, 0.5) is 0 Å². The Hall–Kier alpha value is -0.970. The number of hydrogen-bond donors (Lipinski definition) is 2. The molecule has 15 heavy (non-hydrogen) atoms.